The monoisotopic (exact) mass is 486 g/mol. The maximum atomic E-state index is 14.8. The Morgan fingerprint density at radius 2 is 2.00 bits per heavy atom. The zero-order chi connectivity index (χ0) is 23.6. The van der Waals surface area contributed by atoms with Gasteiger partial charge in [0.2, 0.25) is 0 Å². The lowest BCUT2D eigenvalue weighted by atomic mass is 9.95. The van der Waals surface area contributed by atoms with Gasteiger partial charge in [-0.25, -0.2) is 22.7 Å². The molecule has 0 N–H and O–H groups in total. The van der Waals surface area contributed by atoms with Crippen LogP contribution < -0.4 is 0 Å². The van der Waals surface area contributed by atoms with Crippen LogP contribution in [-0.2, 0) is 7.05 Å². The van der Waals surface area contributed by atoms with Crippen molar-refractivity contribution in [3.05, 3.63) is 59.6 Å². The Morgan fingerprint density at radius 1 is 1.18 bits per heavy atom. The van der Waals surface area contributed by atoms with Crippen molar-refractivity contribution in [2.45, 2.75) is 49.3 Å². The molecule has 3 fully saturated rings. The van der Waals surface area contributed by atoms with Crippen molar-refractivity contribution in [1.29, 1.82) is 0 Å². The topological polar surface area (TPSA) is 68.3 Å². The van der Waals surface area contributed by atoms with Crippen LogP contribution in [0.4, 0.5) is 13.2 Å². The molecule has 1 aliphatic carbocycles. The van der Waals surface area contributed by atoms with Crippen LogP contribution in [-0.4, -0.2) is 45.7 Å². The first-order valence-electron chi connectivity index (χ1n) is 11.1. The molecular weight excluding hydrogens is 465 g/mol. The second-order valence-electron chi connectivity index (χ2n) is 8.89. The first kappa shape index (κ1) is 21.5. The first-order chi connectivity index (χ1) is 16.4. The molecule has 3 aliphatic rings. The third-order valence-corrected chi connectivity index (χ3v) is 8.42. The quantitative estimate of drug-likeness (QED) is 0.386. The van der Waals surface area contributed by atoms with E-state index in [-0.39, 0.29) is 34.6 Å². The van der Waals surface area contributed by atoms with E-state index in [9.17, 15) is 18.0 Å². The van der Waals surface area contributed by atoms with Gasteiger partial charge in [-0.2, -0.15) is 10.1 Å². The van der Waals surface area contributed by atoms with Crippen molar-refractivity contribution in [3.63, 3.8) is 0 Å². The minimum absolute atomic E-state index is 0.00377. The van der Waals surface area contributed by atoms with Crippen LogP contribution in [0.15, 0.2) is 36.8 Å². The number of aryl methyl sites for hydroxylation is 1. The Hall–Kier alpha value is -3.08. The Morgan fingerprint density at radius 3 is 2.82 bits per heavy atom. The van der Waals surface area contributed by atoms with Crippen LogP contribution in [0.5, 0.6) is 0 Å². The maximum absolute atomic E-state index is 14.8. The van der Waals surface area contributed by atoms with Gasteiger partial charge in [-0.05, 0) is 61.9 Å². The smallest absolute Gasteiger partial charge is 0.280 e. The third kappa shape index (κ3) is 3.36. The molecule has 0 spiro atoms. The van der Waals surface area contributed by atoms with Crippen molar-refractivity contribution >= 4 is 34.5 Å². The fourth-order valence-corrected chi connectivity index (χ4v) is 6.81. The summed E-state index contributed by atoms with van der Waals surface area (Å²) < 4.78 is 46.8. The SMILES string of the molecule is Cn1ccc2cc(C(=O)N3S[C@@H]4CC[C@@H]3CC[C@@H]4c3cc(C(F)F)nc4ncnn34)cc(F)c21. The zero-order valence-electron chi connectivity index (χ0n) is 18.2. The van der Waals surface area contributed by atoms with Gasteiger partial charge in [0.05, 0.1) is 11.2 Å². The molecule has 3 aromatic heterocycles. The molecule has 2 aliphatic heterocycles. The zero-order valence-corrected chi connectivity index (χ0v) is 19.1. The molecule has 176 valence electrons. The first-order valence-corrected chi connectivity index (χ1v) is 12.0. The summed E-state index contributed by atoms with van der Waals surface area (Å²) >= 11 is 1.44. The van der Waals surface area contributed by atoms with Gasteiger partial charge in [0.25, 0.3) is 18.1 Å². The molecule has 1 aromatic carbocycles. The van der Waals surface area contributed by atoms with Crippen LogP contribution in [0.25, 0.3) is 16.7 Å². The Balaban J connectivity index is 1.34. The van der Waals surface area contributed by atoms with E-state index < -0.39 is 12.2 Å². The van der Waals surface area contributed by atoms with Crippen LogP contribution in [0.2, 0.25) is 0 Å². The highest BCUT2D eigenvalue weighted by Crippen LogP contribution is 2.48. The predicted octanol–water partition coefficient (Wildman–Crippen LogP) is 4.89. The van der Waals surface area contributed by atoms with Crippen molar-refractivity contribution < 1.29 is 18.0 Å². The van der Waals surface area contributed by atoms with Gasteiger partial charge in [0.15, 0.2) is 0 Å². The highest BCUT2D eigenvalue weighted by Gasteiger charge is 2.42. The standard InChI is InChI=1S/C23H21F3N6OS/c1-30-7-6-12-8-13(9-16(24)20(12)30)22(33)32-14-2-4-15(19(34-32)5-3-14)18-10-17(21(25)26)29-23-27-11-28-31(18)23/h6-11,14-15,19,21H,2-5H2,1H3/t14-,15+,19+/m0/s1. The maximum Gasteiger partial charge on any atom is 0.280 e. The molecule has 2 saturated heterocycles. The highest BCUT2D eigenvalue weighted by atomic mass is 32.2. The fourth-order valence-electron chi connectivity index (χ4n) is 5.27. The summed E-state index contributed by atoms with van der Waals surface area (Å²) in [6.07, 6.45) is 3.46. The summed E-state index contributed by atoms with van der Waals surface area (Å²) in [7, 11) is 1.77. The lowest BCUT2D eigenvalue weighted by molar-refractivity contribution is 0.0821. The van der Waals surface area contributed by atoms with Crippen LogP contribution in [0.1, 0.15) is 59.8 Å². The summed E-state index contributed by atoms with van der Waals surface area (Å²) in [5.74, 6) is -0.595. The third-order valence-electron chi connectivity index (χ3n) is 6.90. The number of aromatic nitrogens is 5. The molecule has 2 bridgehead atoms. The van der Waals surface area contributed by atoms with Gasteiger partial charge >= 0.3 is 0 Å². The predicted molar refractivity (Wildman–Crippen MR) is 121 cm³/mol. The van der Waals surface area contributed by atoms with E-state index in [1.807, 2.05) is 0 Å². The largest absolute Gasteiger partial charge is 0.348 e. The second kappa shape index (κ2) is 8.00. The van der Waals surface area contributed by atoms with Gasteiger partial charge in [0, 0.05) is 41.4 Å². The number of halogens is 3. The number of carbonyl (C=O) groups excluding carboxylic acids is 1. The summed E-state index contributed by atoms with van der Waals surface area (Å²) in [4.78, 5) is 21.4. The van der Waals surface area contributed by atoms with E-state index in [1.165, 1.54) is 34.9 Å². The number of amides is 1. The van der Waals surface area contributed by atoms with Crippen molar-refractivity contribution in [1.82, 2.24) is 28.5 Å². The van der Waals surface area contributed by atoms with Crippen LogP contribution in [0, 0.1) is 5.82 Å². The number of nitrogens with zero attached hydrogens (tertiary/aromatic N) is 6. The summed E-state index contributed by atoms with van der Waals surface area (Å²) in [6, 6.07) is 6.24. The number of carbonyl (C=O) groups is 1. The molecule has 34 heavy (non-hydrogen) atoms. The van der Waals surface area contributed by atoms with E-state index in [1.54, 1.807) is 34.2 Å². The number of fused-ring (bicyclic) bond motifs is 6. The van der Waals surface area contributed by atoms with Gasteiger partial charge < -0.3 is 4.57 Å². The molecule has 0 unspecified atom stereocenters. The van der Waals surface area contributed by atoms with Gasteiger partial charge in [-0.15, -0.1) is 0 Å². The minimum atomic E-state index is -2.71. The molecule has 7 nitrogen and oxygen atoms in total. The average molecular weight is 487 g/mol. The average Bonchev–Trinajstić information content (AvgIpc) is 3.35. The van der Waals surface area contributed by atoms with E-state index >= 15 is 0 Å². The molecule has 1 saturated carbocycles. The normalized spacial score (nSPS) is 22.7. The van der Waals surface area contributed by atoms with Gasteiger partial charge in [-0.3, -0.25) is 9.10 Å². The molecule has 0 radical (unpaired) electrons. The molecular formula is C23H21F3N6OS. The van der Waals surface area contributed by atoms with Gasteiger partial charge in [-0.1, -0.05) is 0 Å². The number of hydrogen-bond acceptors (Lipinski definition) is 5. The van der Waals surface area contributed by atoms with E-state index in [2.05, 4.69) is 15.1 Å². The lowest BCUT2D eigenvalue weighted by Crippen LogP contribution is -2.39. The fraction of sp³-hybridized carbons (Fsp3) is 0.391. The lowest BCUT2D eigenvalue weighted by Gasteiger charge is -2.36. The van der Waals surface area contributed by atoms with E-state index in [4.69, 9.17) is 0 Å². The number of benzene rings is 1. The van der Waals surface area contributed by atoms with E-state index in [0.29, 0.717) is 22.2 Å². The summed E-state index contributed by atoms with van der Waals surface area (Å²) in [5, 5.41) is 4.89. The summed E-state index contributed by atoms with van der Waals surface area (Å²) in [5.41, 5.74) is 1.10. The molecule has 5 heterocycles. The molecule has 7 rings (SSSR count). The van der Waals surface area contributed by atoms with Crippen LogP contribution >= 0.6 is 11.9 Å². The molecule has 1 amide bonds. The molecule has 3 atom stereocenters. The number of alkyl halides is 2. The van der Waals surface area contributed by atoms with E-state index in [0.717, 1.165) is 25.7 Å². The van der Waals surface area contributed by atoms with Gasteiger partial charge in [0.1, 0.15) is 17.8 Å². The Bertz CT molecular complexity index is 1420. The minimum Gasteiger partial charge on any atom is -0.348 e. The summed E-state index contributed by atoms with van der Waals surface area (Å²) in [6.45, 7) is 0. The number of rotatable bonds is 3. The van der Waals surface area contributed by atoms with Crippen molar-refractivity contribution in [3.8, 4) is 0 Å². The Labute approximate surface area is 197 Å². The van der Waals surface area contributed by atoms with Crippen molar-refractivity contribution in [2.75, 3.05) is 0 Å². The molecule has 11 heteroatoms. The van der Waals surface area contributed by atoms with Crippen molar-refractivity contribution in [2.24, 2.45) is 7.05 Å². The van der Waals surface area contributed by atoms with Crippen LogP contribution in [0.3, 0.4) is 0 Å². The highest BCUT2D eigenvalue weighted by molar-refractivity contribution is 7.98. The molecule has 4 aromatic rings. The Kier molecular flexibility index (Phi) is 5.05. The number of hydrogen-bond donors (Lipinski definition) is 0. The second-order valence-corrected chi connectivity index (χ2v) is 10.1.